The zero-order chi connectivity index (χ0) is 13.8. The molecular formula is C18H32HfSi2. The van der Waals surface area contributed by atoms with Crippen LogP contribution in [0.3, 0.4) is 0 Å². The van der Waals surface area contributed by atoms with Gasteiger partial charge in [-0.05, 0) is 0 Å². The summed E-state index contributed by atoms with van der Waals surface area (Å²) in [5.74, 6) is 0. The molecule has 2 aromatic carbocycles. The number of hydrogen-bond acceptors (Lipinski definition) is 0. The fourth-order valence-corrected chi connectivity index (χ4v) is 4.13. The van der Waals surface area contributed by atoms with Crippen molar-refractivity contribution in [2.45, 2.75) is 39.3 Å². The summed E-state index contributed by atoms with van der Waals surface area (Å²) in [5, 5.41) is 3.12. The molecule has 2 rings (SSSR count). The van der Waals surface area contributed by atoms with Crippen molar-refractivity contribution >= 4 is 26.5 Å². The predicted octanol–water partition coefficient (Wildman–Crippen LogP) is 4.80. The maximum atomic E-state index is 2.36. The second kappa shape index (κ2) is 10.7. The van der Waals surface area contributed by atoms with Crippen LogP contribution in [0.4, 0.5) is 0 Å². The molecule has 0 radical (unpaired) electrons. The quantitative estimate of drug-likeness (QED) is 0.426. The maximum absolute atomic E-state index is 2.36. The van der Waals surface area contributed by atoms with Crippen molar-refractivity contribution in [1.29, 1.82) is 0 Å². The Morgan fingerprint density at radius 3 is 1.05 bits per heavy atom. The fourth-order valence-electron chi connectivity index (χ4n) is 1.75. The largest absolute Gasteiger partial charge is 4.00 e. The first-order chi connectivity index (χ1) is 8.21. The van der Waals surface area contributed by atoms with Crippen molar-refractivity contribution in [3.8, 4) is 0 Å². The van der Waals surface area contributed by atoms with Gasteiger partial charge in [-0.3, -0.25) is 0 Å². The molecule has 0 fully saturated rings. The second-order valence-electron chi connectivity index (χ2n) is 6.85. The Morgan fingerprint density at radius 1 is 0.667 bits per heavy atom. The summed E-state index contributed by atoms with van der Waals surface area (Å²) < 4.78 is 0. The van der Waals surface area contributed by atoms with Crippen LogP contribution in [-0.2, 0) is 25.8 Å². The van der Waals surface area contributed by atoms with Crippen molar-refractivity contribution in [1.82, 2.24) is 0 Å². The molecule has 0 amide bonds. The van der Waals surface area contributed by atoms with Crippen molar-refractivity contribution in [2.75, 3.05) is 0 Å². The maximum Gasteiger partial charge on any atom is 4.00 e. The van der Waals surface area contributed by atoms with Gasteiger partial charge < -0.3 is 14.9 Å². The molecule has 0 N–H and O–H groups in total. The van der Waals surface area contributed by atoms with Crippen molar-refractivity contribution in [3.05, 3.63) is 63.4 Å². The van der Waals surface area contributed by atoms with Crippen LogP contribution in [0.25, 0.3) is 0 Å². The Labute approximate surface area is 154 Å². The van der Waals surface area contributed by atoms with E-state index in [0.29, 0.717) is 0 Å². The van der Waals surface area contributed by atoms with Crippen LogP contribution in [0.2, 0.25) is 39.3 Å². The molecule has 0 aliphatic carbocycles. The first kappa shape index (κ1) is 25.9. The van der Waals surface area contributed by atoms with E-state index >= 15 is 0 Å². The van der Waals surface area contributed by atoms with Gasteiger partial charge in [0.25, 0.3) is 0 Å². The van der Waals surface area contributed by atoms with Gasteiger partial charge in [0.05, 0.1) is 0 Å². The molecule has 0 spiro atoms. The molecule has 0 aliphatic heterocycles. The van der Waals surface area contributed by atoms with Gasteiger partial charge in [0.1, 0.15) is 0 Å². The summed E-state index contributed by atoms with van der Waals surface area (Å²) >= 11 is 0. The molecule has 0 heterocycles. The third-order valence-electron chi connectivity index (χ3n) is 3.06. The Hall–Kier alpha value is 0.00390. The van der Waals surface area contributed by atoms with Gasteiger partial charge in [-0.15, -0.1) is 0 Å². The predicted molar refractivity (Wildman–Crippen MR) is 103 cm³/mol. The standard InChI is InChI=1S/2C8H13Si.2CH3.Hf/c2*1-9(2,3)8-6-4-5-7-8;;;/h2*4-7H,1-3H3;2*1H3;/q4*-1;+4. The smallest absolute Gasteiger partial charge is 0.358 e. The molecule has 2 aromatic rings. The molecule has 116 valence electrons. The summed E-state index contributed by atoms with van der Waals surface area (Å²) in [5.41, 5.74) is 0. The van der Waals surface area contributed by atoms with Crippen LogP contribution in [0.5, 0.6) is 0 Å². The molecule has 0 nitrogen and oxygen atoms in total. The summed E-state index contributed by atoms with van der Waals surface area (Å²) in [6.45, 7) is 14.2. The Kier molecular flexibility index (Phi) is 13.2. The zero-order valence-corrected chi connectivity index (χ0v) is 20.7. The van der Waals surface area contributed by atoms with Crippen LogP contribution < -0.4 is 10.4 Å². The van der Waals surface area contributed by atoms with Gasteiger partial charge in [-0.2, -0.15) is 36.4 Å². The van der Waals surface area contributed by atoms with Crippen LogP contribution in [0, 0.1) is 14.9 Å². The topological polar surface area (TPSA) is 0 Å². The van der Waals surface area contributed by atoms with E-state index in [4.69, 9.17) is 0 Å². The number of rotatable bonds is 2. The van der Waals surface area contributed by atoms with E-state index in [1.807, 2.05) is 0 Å². The summed E-state index contributed by atoms with van der Waals surface area (Å²) in [6.07, 6.45) is 0. The zero-order valence-electron chi connectivity index (χ0n) is 15.1. The molecular weight excluding hydrogens is 451 g/mol. The molecule has 0 saturated heterocycles. The molecule has 0 atom stereocenters. The average Bonchev–Trinajstić information content (AvgIpc) is 2.91. The summed E-state index contributed by atoms with van der Waals surface area (Å²) in [6, 6.07) is 17.4. The van der Waals surface area contributed by atoms with E-state index in [9.17, 15) is 0 Å². The molecule has 0 aliphatic rings. The minimum absolute atomic E-state index is 0. The van der Waals surface area contributed by atoms with Gasteiger partial charge in [0.2, 0.25) is 0 Å². The molecule has 0 saturated carbocycles. The average molecular weight is 483 g/mol. The molecule has 21 heavy (non-hydrogen) atoms. The van der Waals surface area contributed by atoms with E-state index < -0.39 is 16.1 Å². The van der Waals surface area contributed by atoms with Crippen molar-refractivity contribution < 1.29 is 25.8 Å². The summed E-state index contributed by atoms with van der Waals surface area (Å²) in [4.78, 5) is 0. The first-order valence-corrected chi connectivity index (χ1v) is 13.7. The fraction of sp³-hybridized carbons (Fsp3) is 0.333. The van der Waals surface area contributed by atoms with Crippen molar-refractivity contribution in [3.63, 3.8) is 0 Å². The summed E-state index contributed by atoms with van der Waals surface area (Å²) in [7, 11) is -1.96. The van der Waals surface area contributed by atoms with E-state index in [1.54, 1.807) is 10.4 Å². The molecule has 3 heteroatoms. The first-order valence-electron chi connectivity index (χ1n) is 6.65. The third-order valence-corrected chi connectivity index (χ3v) is 7.19. The van der Waals surface area contributed by atoms with Crippen LogP contribution in [0.15, 0.2) is 48.5 Å². The SMILES string of the molecule is C[Si](C)(C)c1cc[cH-]c1.C[Si](C)(C)c1cc[cH-]c1.[CH3-].[CH3-].[Hf+4]. The molecule has 0 bridgehead atoms. The van der Waals surface area contributed by atoms with E-state index in [-0.39, 0.29) is 40.7 Å². The van der Waals surface area contributed by atoms with Gasteiger partial charge in [0.15, 0.2) is 0 Å². The van der Waals surface area contributed by atoms with Gasteiger partial charge >= 0.3 is 25.8 Å². The Morgan fingerprint density at radius 2 is 0.952 bits per heavy atom. The van der Waals surface area contributed by atoms with Crippen molar-refractivity contribution in [2.24, 2.45) is 0 Å². The van der Waals surface area contributed by atoms with E-state index in [1.165, 1.54) is 0 Å². The van der Waals surface area contributed by atoms with Gasteiger partial charge in [0, 0.05) is 16.1 Å². The Bertz CT molecular complexity index is 384. The van der Waals surface area contributed by atoms with E-state index in [0.717, 1.165) is 0 Å². The third kappa shape index (κ3) is 9.59. The Balaban J connectivity index is -0.000000270. The van der Waals surface area contributed by atoms with E-state index in [2.05, 4.69) is 87.8 Å². The molecule has 0 aromatic heterocycles. The number of hydrogen-bond donors (Lipinski definition) is 0. The van der Waals surface area contributed by atoms with Gasteiger partial charge in [-0.1, -0.05) is 39.3 Å². The minimum atomic E-state index is -0.981. The molecule has 0 unspecified atom stereocenters. The van der Waals surface area contributed by atoms with Crippen LogP contribution in [0.1, 0.15) is 0 Å². The van der Waals surface area contributed by atoms with Gasteiger partial charge in [-0.25, -0.2) is 22.5 Å². The normalized spacial score (nSPS) is 10.2. The van der Waals surface area contributed by atoms with Crippen LogP contribution >= 0.6 is 0 Å². The minimum Gasteiger partial charge on any atom is -0.358 e. The monoisotopic (exact) mass is 484 g/mol. The van der Waals surface area contributed by atoms with Crippen LogP contribution in [-0.4, -0.2) is 16.1 Å². The second-order valence-corrected chi connectivity index (χ2v) is 17.0.